The molecule has 0 unspecified atom stereocenters. The van der Waals surface area contributed by atoms with Crippen molar-refractivity contribution in [3.05, 3.63) is 83.1 Å². The number of rotatable bonds is 25. The van der Waals surface area contributed by atoms with Crippen molar-refractivity contribution in [1.82, 2.24) is 0 Å². The molecule has 1 aliphatic rings. The summed E-state index contributed by atoms with van der Waals surface area (Å²) in [7, 11) is 0. The maximum atomic E-state index is 12.5. The largest absolute Gasteiger partial charge is 0.465 e. The van der Waals surface area contributed by atoms with Crippen molar-refractivity contribution in [3.63, 3.8) is 0 Å². The van der Waals surface area contributed by atoms with Crippen LogP contribution in [-0.4, -0.2) is 48.6 Å². The number of unbranched alkanes of at least 4 members (excludes halogenated alkanes) is 8. The predicted octanol–water partition coefficient (Wildman–Crippen LogP) is 10.4. The Bertz CT molecular complexity index is 1170. The van der Waals surface area contributed by atoms with E-state index in [1.165, 1.54) is 55.7 Å². The van der Waals surface area contributed by atoms with E-state index in [0.717, 1.165) is 56.9 Å². The minimum Gasteiger partial charge on any atom is -0.465 e. The molecule has 276 valence electrons. The molecule has 1 aliphatic carbocycles. The van der Waals surface area contributed by atoms with E-state index in [9.17, 15) is 19.8 Å². The van der Waals surface area contributed by atoms with Gasteiger partial charge >= 0.3 is 11.9 Å². The molecule has 0 saturated carbocycles. The van der Waals surface area contributed by atoms with Gasteiger partial charge in [0.25, 0.3) is 0 Å². The van der Waals surface area contributed by atoms with Crippen molar-refractivity contribution in [3.8, 4) is 0 Å². The van der Waals surface area contributed by atoms with Crippen molar-refractivity contribution in [2.24, 2.45) is 10.8 Å². The Morgan fingerprint density at radius 1 is 0.837 bits per heavy atom. The number of hydrogen-bond acceptors (Lipinski definition) is 6. The molecule has 0 aromatic rings. The summed E-state index contributed by atoms with van der Waals surface area (Å²) in [6, 6.07) is 0. The third-order valence-corrected chi connectivity index (χ3v) is 9.18. The fourth-order valence-corrected chi connectivity index (χ4v) is 5.79. The lowest BCUT2D eigenvalue weighted by molar-refractivity contribution is -0.156. The third kappa shape index (κ3) is 20.3. The highest BCUT2D eigenvalue weighted by Crippen LogP contribution is 2.40. The van der Waals surface area contributed by atoms with Gasteiger partial charge in [-0.1, -0.05) is 119 Å². The van der Waals surface area contributed by atoms with Gasteiger partial charge < -0.3 is 19.7 Å². The van der Waals surface area contributed by atoms with Gasteiger partial charge in [-0.3, -0.25) is 4.79 Å². The molecule has 0 aromatic carbocycles. The molecule has 0 bridgehead atoms. The summed E-state index contributed by atoms with van der Waals surface area (Å²) in [5.74, 6) is -0.968. The standard InChI is InChI=1S/C43H68O6/c1-7-8-9-10-11-12-13-14-15-16-17-18-19-20-21-27-40(46)48-34-43(32-44,33-45)35-49-41(47)31-37(3)25-22-24-36(2)28-29-39-38(4)26-23-30-42(39,5)6/h11-12,14-15,22,24-25,28-29,31,44-45H,7-10,13,16-21,23,26-27,30,32-35H2,1-6H3. The van der Waals surface area contributed by atoms with Crippen LogP contribution in [0, 0.1) is 10.8 Å². The van der Waals surface area contributed by atoms with Gasteiger partial charge in [0, 0.05) is 12.5 Å². The summed E-state index contributed by atoms with van der Waals surface area (Å²) in [6.07, 6.45) is 36.5. The average Bonchev–Trinajstić information content (AvgIpc) is 3.06. The molecule has 6 heteroatoms. The number of aliphatic hydroxyl groups excluding tert-OH is 2. The van der Waals surface area contributed by atoms with Crippen LogP contribution in [0.4, 0.5) is 0 Å². The highest BCUT2D eigenvalue weighted by atomic mass is 16.5. The van der Waals surface area contributed by atoms with Gasteiger partial charge in [0.2, 0.25) is 0 Å². The number of esters is 2. The fraction of sp³-hybridized carbons (Fsp3) is 0.628. The van der Waals surface area contributed by atoms with E-state index in [2.05, 4.69) is 64.2 Å². The molecule has 0 aromatic heterocycles. The molecule has 0 atom stereocenters. The molecule has 0 fully saturated rings. The fourth-order valence-electron chi connectivity index (χ4n) is 5.79. The second-order valence-corrected chi connectivity index (χ2v) is 14.5. The smallest absolute Gasteiger partial charge is 0.331 e. The van der Waals surface area contributed by atoms with Crippen LogP contribution in [0.3, 0.4) is 0 Å². The summed E-state index contributed by atoms with van der Waals surface area (Å²) < 4.78 is 10.7. The van der Waals surface area contributed by atoms with Gasteiger partial charge in [0.05, 0.1) is 18.6 Å². The number of ether oxygens (including phenoxy) is 2. The van der Waals surface area contributed by atoms with Crippen molar-refractivity contribution in [1.29, 1.82) is 0 Å². The first-order valence-electron chi connectivity index (χ1n) is 18.7. The van der Waals surface area contributed by atoms with Crippen LogP contribution >= 0.6 is 0 Å². The summed E-state index contributed by atoms with van der Waals surface area (Å²) in [5, 5.41) is 19.9. The molecule has 0 radical (unpaired) electrons. The lowest BCUT2D eigenvalue weighted by Gasteiger charge is -2.32. The molecule has 0 amide bonds. The van der Waals surface area contributed by atoms with Gasteiger partial charge in [0.1, 0.15) is 13.2 Å². The Hall–Kier alpha value is -2.96. The summed E-state index contributed by atoms with van der Waals surface area (Å²) in [5.41, 5.74) is 3.63. The SMILES string of the molecule is CCCCCC=CCC=CCCCCCCCC(=O)OCC(CO)(CO)COC(=O)C=C(C)C=CC=C(C)C=CC1=C(C)CCCC1(C)C. The highest BCUT2D eigenvalue weighted by molar-refractivity contribution is 5.83. The number of hydrogen-bond donors (Lipinski definition) is 2. The first-order valence-corrected chi connectivity index (χ1v) is 18.7. The van der Waals surface area contributed by atoms with Crippen molar-refractivity contribution in [2.45, 2.75) is 138 Å². The van der Waals surface area contributed by atoms with Gasteiger partial charge in [0.15, 0.2) is 0 Å². The average molecular weight is 681 g/mol. The van der Waals surface area contributed by atoms with E-state index >= 15 is 0 Å². The first-order chi connectivity index (χ1) is 23.5. The molecule has 2 N–H and O–H groups in total. The van der Waals surface area contributed by atoms with Gasteiger partial charge in [-0.15, -0.1) is 0 Å². The van der Waals surface area contributed by atoms with Crippen LogP contribution in [-0.2, 0) is 19.1 Å². The summed E-state index contributed by atoms with van der Waals surface area (Å²) in [6.45, 7) is 11.5. The summed E-state index contributed by atoms with van der Waals surface area (Å²) in [4.78, 5) is 24.8. The lowest BCUT2D eigenvalue weighted by atomic mass is 9.72. The van der Waals surface area contributed by atoms with Crippen molar-refractivity contribution < 1.29 is 29.3 Å². The van der Waals surface area contributed by atoms with E-state index in [1.807, 2.05) is 25.2 Å². The maximum Gasteiger partial charge on any atom is 0.331 e. The molecular formula is C43H68O6. The predicted molar refractivity (Wildman–Crippen MR) is 204 cm³/mol. The number of carbonyl (C=O) groups excluding carboxylic acids is 2. The lowest BCUT2D eigenvalue weighted by Crippen LogP contribution is -2.41. The van der Waals surface area contributed by atoms with E-state index < -0.39 is 24.6 Å². The molecular weight excluding hydrogens is 612 g/mol. The zero-order valence-electron chi connectivity index (χ0n) is 31.7. The molecule has 0 aliphatic heterocycles. The zero-order chi connectivity index (χ0) is 36.4. The van der Waals surface area contributed by atoms with Crippen molar-refractivity contribution >= 4 is 11.9 Å². The van der Waals surface area contributed by atoms with Crippen LogP contribution in [0.1, 0.15) is 138 Å². The molecule has 1 rings (SSSR count). The second-order valence-electron chi connectivity index (χ2n) is 14.5. The molecule has 0 spiro atoms. The van der Waals surface area contributed by atoms with Gasteiger partial charge in [-0.25, -0.2) is 4.79 Å². The van der Waals surface area contributed by atoms with Crippen LogP contribution in [0.5, 0.6) is 0 Å². The minimum absolute atomic E-state index is 0.197. The normalized spacial score (nSPS) is 16.2. The van der Waals surface area contributed by atoms with E-state index in [4.69, 9.17) is 9.47 Å². The Kier molecular flexibility index (Phi) is 23.3. The summed E-state index contributed by atoms with van der Waals surface area (Å²) >= 11 is 0. The third-order valence-electron chi connectivity index (χ3n) is 9.18. The minimum atomic E-state index is -1.26. The Morgan fingerprint density at radius 3 is 2.12 bits per heavy atom. The zero-order valence-corrected chi connectivity index (χ0v) is 31.7. The Balaban J connectivity index is 2.36. The Morgan fingerprint density at radius 2 is 1.47 bits per heavy atom. The molecule has 6 nitrogen and oxygen atoms in total. The number of aliphatic hydroxyl groups is 2. The topological polar surface area (TPSA) is 93.1 Å². The second kappa shape index (κ2) is 25.9. The molecule has 49 heavy (non-hydrogen) atoms. The Labute approximate surface area is 298 Å². The van der Waals surface area contributed by atoms with Gasteiger partial charge in [-0.05, 0) is 95.1 Å². The quantitative estimate of drug-likeness (QED) is 0.0328. The van der Waals surface area contributed by atoms with Crippen LogP contribution in [0.25, 0.3) is 0 Å². The monoisotopic (exact) mass is 681 g/mol. The van der Waals surface area contributed by atoms with E-state index in [0.29, 0.717) is 5.57 Å². The maximum absolute atomic E-state index is 12.5. The number of allylic oxidation sites excluding steroid dienone is 13. The van der Waals surface area contributed by atoms with E-state index in [-0.39, 0.29) is 31.0 Å². The van der Waals surface area contributed by atoms with Crippen LogP contribution in [0.2, 0.25) is 0 Å². The van der Waals surface area contributed by atoms with Crippen LogP contribution in [0.15, 0.2) is 83.1 Å². The number of carbonyl (C=O) groups is 2. The molecule has 0 saturated heterocycles. The van der Waals surface area contributed by atoms with E-state index in [1.54, 1.807) is 6.92 Å². The molecule has 0 heterocycles. The van der Waals surface area contributed by atoms with Crippen molar-refractivity contribution in [2.75, 3.05) is 26.4 Å². The first kappa shape index (κ1) is 44.1. The van der Waals surface area contributed by atoms with Gasteiger partial charge in [-0.2, -0.15) is 0 Å². The highest BCUT2D eigenvalue weighted by Gasteiger charge is 2.33. The van der Waals surface area contributed by atoms with Crippen LogP contribution < -0.4 is 0 Å².